The molecule has 2 aromatic rings. The predicted molar refractivity (Wildman–Crippen MR) is 50.7 cm³/mol. The molecule has 0 saturated carbocycles. The van der Waals surface area contributed by atoms with Crippen LogP contribution in [-0.2, 0) is 0 Å². The molecule has 0 fully saturated rings. The lowest BCUT2D eigenvalue weighted by atomic mass is 10.4. The zero-order chi connectivity index (χ0) is 9.10. The van der Waals surface area contributed by atoms with Crippen molar-refractivity contribution in [2.45, 2.75) is 6.92 Å². The first kappa shape index (κ1) is 7.64. The summed E-state index contributed by atoms with van der Waals surface area (Å²) < 4.78 is 3.98. The van der Waals surface area contributed by atoms with Gasteiger partial charge in [-0.2, -0.15) is 5.10 Å². The maximum Gasteiger partial charge on any atom is 0.319 e. The van der Waals surface area contributed by atoms with E-state index in [9.17, 15) is 0 Å². The molecule has 0 bridgehead atoms. The molecule has 5 nitrogen and oxygen atoms in total. The fraction of sp³-hybridized carbons (Fsp3) is 0.125. The van der Waals surface area contributed by atoms with Crippen molar-refractivity contribution in [3.63, 3.8) is 0 Å². The Balaban J connectivity index is 2.64. The van der Waals surface area contributed by atoms with Gasteiger partial charge in [0.25, 0.3) is 6.21 Å². The highest BCUT2D eigenvalue weighted by Crippen LogP contribution is 2.05. The van der Waals surface area contributed by atoms with Crippen molar-refractivity contribution in [1.82, 2.24) is 24.8 Å². The summed E-state index contributed by atoms with van der Waals surface area (Å²) in [5, 5.41) is 6.77. The summed E-state index contributed by atoms with van der Waals surface area (Å²) in [6.07, 6.45) is 6.61. The fourth-order valence-electron chi connectivity index (χ4n) is 1.01. The Labute approximate surface area is 74.3 Å². The van der Waals surface area contributed by atoms with Gasteiger partial charge in [-0.15, -0.1) is 4.67 Å². The fourth-order valence-corrected chi connectivity index (χ4v) is 1.01. The molecule has 5 heteroatoms. The molecule has 2 aromatic heterocycles. The van der Waals surface area contributed by atoms with Gasteiger partial charge in [-0.05, 0) is 0 Å². The Morgan fingerprint density at radius 2 is 2.23 bits per heavy atom. The number of nitrogens with zero attached hydrogens (tertiary/aromatic N) is 4. The minimum Gasteiger partial charge on any atom is -0.267 e. The summed E-state index contributed by atoms with van der Waals surface area (Å²) >= 11 is 0. The third-order valence-corrected chi connectivity index (χ3v) is 1.57. The van der Waals surface area contributed by atoms with Crippen LogP contribution >= 0.6 is 0 Å². The van der Waals surface area contributed by atoms with Gasteiger partial charge in [0.15, 0.2) is 5.69 Å². The van der Waals surface area contributed by atoms with Gasteiger partial charge in [0, 0.05) is 19.3 Å². The lowest BCUT2D eigenvalue weighted by Crippen LogP contribution is -1.87. The topological polar surface area (TPSA) is 68.6 Å². The van der Waals surface area contributed by atoms with Crippen LogP contribution in [0.3, 0.4) is 0 Å². The molecule has 2 rings (SSSR count). The van der Waals surface area contributed by atoms with Gasteiger partial charge in [-0.3, -0.25) is 5.10 Å². The van der Waals surface area contributed by atoms with Crippen LogP contribution in [0.1, 0.15) is 12.6 Å². The summed E-state index contributed by atoms with van der Waals surface area (Å²) in [4.78, 5) is 8.17. The smallest absolute Gasteiger partial charge is 0.267 e. The van der Waals surface area contributed by atoms with E-state index in [0.29, 0.717) is 5.65 Å². The van der Waals surface area contributed by atoms with E-state index < -0.39 is 0 Å². The zero-order valence-corrected chi connectivity index (χ0v) is 7.10. The molecule has 0 aliphatic rings. The molecule has 1 N–H and O–H groups in total. The van der Waals surface area contributed by atoms with Gasteiger partial charge < -0.3 is 0 Å². The normalized spacial score (nSPS) is 9.62. The predicted octanol–water partition coefficient (Wildman–Crippen LogP) is -0.0703. The standard InChI is InChI=1S/C8H7N5/c1-2-9-5-6-7-8(13-12-6)11-4-3-10-7/h2-5H,1H3/p+1. The average Bonchev–Trinajstić information content (AvgIpc) is 2.58. The molecule has 0 unspecified atom stereocenters. The molecule has 0 aromatic carbocycles. The number of aromatic amines is 1. The van der Waals surface area contributed by atoms with Gasteiger partial charge >= 0.3 is 6.21 Å². The Bertz CT molecular complexity index is 478. The first-order valence-electron chi connectivity index (χ1n) is 3.88. The summed E-state index contributed by atoms with van der Waals surface area (Å²) in [5.41, 5.74) is 2.13. The van der Waals surface area contributed by atoms with Crippen molar-refractivity contribution in [3.05, 3.63) is 18.1 Å². The molecular formula is C8H8N5+. The van der Waals surface area contributed by atoms with Crippen LogP contribution in [0.15, 0.2) is 12.4 Å². The third-order valence-electron chi connectivity index (χ3n) is 1.57. The van der Waals surface area contributed by atoms with E-state index in [2.05, 4.69) is 24.8 Å². The Morgan fingerprint density at radius 3 is 3.08 bits per heavy atom. The van der Waals surface area contributed by atoms with E-state index in [1.165, 1.54) is 0 Å². The van der Waals surface area contributed by atoms with Crippen LogP contribution in [0.25, 0.3) is 11.2 Å². The van der Waals surface area contributed by atoms with Crippen LogP contribution in [0, 0.1) is 0 Å². The SMILES string of the molecule is CC=[N+]=Cc1[nH]nc2nccnc12. The summed E-state index contributed by atoms with van der Waals surface area (Å²) in [7, 11) is 0. The van der Waals surface area contributed by atoms with Crippen molar-refractivity contribution >= 4 is 23.6 Å². The second-order valence-electron chi connectivity index (χ2n) is 2.40. The lowest BCUT2D eigenvalue weighted by Gasteiger charge is -1.81. The maximum atomic E-state index is 4.13. The van der Waals surface area contributed by atoms with E-state index in [1.54, 1.807) is 24.8 Å². The number of hydrogen-bond donors (Lipinski definition) is 1. The molecule has 2 heterocycles. The first-order chi connectivity index (χ1) is 6.42. The molecular weight excluding hydrogens is 166 g/mol. The number of nitrogens with one attached hydrogen (secondary N) is 1. The van der Waals surface area contributed by atoms with E-state index in [4.69, 9.17) is 0 Å². The molecule has 0 amide bonds. The molecule has 0 aliphatic heterocycles. The highest BCUT2D eigenvalue weighted by molar-refractivity contribution is 5.92. The summed E-state index contributed by atoms with van der Waals surface area (Å²) in [5.74, 6) is 0. The third kappa shape index (κ3) is 1.32. The van der Waals surface area contributed by atoms with E-state index >= 15 is 0 Å². The molecule has 0 aliphatic carbocycles. The van der Waals surface area contributed by atoms with Gasteiger partial charge in [0.2, 0.25) is 5.65 Å². The van der Waals surface area contributed by atoms with Crippen molar-refractivity contribution in [2.75, 3.05) is 0 Å². The number of hydrogen-bond acceptors (Lipinski definition) is 3. The minimum atomic E-state index is 0.611. The van der Waals surface area contributed by atoms with Crippen LogP contribution in [0.5, 0.6) is 0 Å². The molecule has 0 radical (unpaired) electrons. The second kappa shape index (κ2) is 3.16. The van der Waals surface area contributed by atoms with Crippen molar-refractivity contribution in [1.29, 1.82) is 0 Å². The molecule has 0 spiro atoms. The molecule has 0 saturated heterocycles. The van der Waals surface area contributed by atoms with Gasteiger partial charge in [-0.1, -0.05) is 0 Å². The van der Waals surface area contributed by atoms with Crippen molar-refractivity contribution in [2.24, 2.45) is 0 Å². The van der Waals surface area contributed by atoms with Gasteiger partial charge in [0.05, 0.1) is 0 Å². The van der Waals surface area contributed by atoms with Crippen molar-refractivity contribution in [3.8, 4) is 0 Å². The maximum absolute atomic E-state index is 4.13. The Kier molecular flexibility index (Phi) is 1.86. The average molecular weight is 174 g/mol. The monoisotopic (exact) mass is 174 g/mol. The van der Waals surface area contributed by atoms with E-state index in [0.717, 1.165) is 11.2 Å². The van der Waals surface area contributed by atoms with Crippen LogP contribution in [-0.4, -0.2) is 32.6 Å². The highest BCUT2D eigenvalue weighted by Gasteiger charge is 2.07. The summed E-state index contributed by atoms with van der Waals surface area (Å²) in [6.45, 7) is 1.85. The van der Waals surface area contributed by atoms with Crippen LogP contribution in [0.4, 0.5) is 0 Å². The van der Waals surface area contributed by atoms with E-state index in [-0.39, 0.29) is 0 Å². The number of aromatic nitrogens is 4. The van der Waals surface area contributed by atoms with E-state index in [1.807, 2.05) is 6.92 Å². The second-order valence-corrected chi connectivity index (χ2v) is 2.40. The Morgan fingerprint density at radius 1 is 1.38 bits per heavy atom. The van der Waals surface area contributed by atoms with Gasteiger partial charge in [0.1, 0.15) is 5.52 Å². The first-order valence-corrected chi connectivity index (χ1v) is 3.88. The largest absolute Gasteiger partial charge is 0.319 e. The number of fused-ring (bicyclic) bond motifs is 1. The molecule has 13 heavy (non-hydrogen) atoms. The molecule has 64 valence electrons. The van der Waals surface area contributed by atoms with Crippen LogP contribution < -0.4 is 4.67 Å². The number of rotatable bonds is 1. The molecule has 0 atom stereocenters. The van der Waals surface area contributed by atoms with Crippen molar-refractivity contribution < 1.29 is 0 Å². The summed E-state index contributed by atoms with van der Waals surface area (Å²) in [6, 6.07) is 0. The van der Waals surface area contributed by atoms with Gasteiger partial charge in [-0.25, -0.2) is 9.97 Å². The Hall–Kier alpha value is -2.00. The highest BCUT2D eigenvalue weighted by atomic mass is 15.2. The minimum absolute atomic E-state index is 0.611. The quantitative estimate of drug-likeness (QED) is 0.486. The number of H-pyrrole nitrogens is 1. The zero-order valence-electron chi connectivity index (χ0n) is 7.10. The lowest BCUT2D eigenvalue weighted by molar-refractivity contribution is 1.09. The van der Waals surface area contributed by atoms with Crippen LogP contribution in [0.2, 0.25) is 0 Å².